The van der Waals surface area contributed by atoms with Crippen molar-refractivity contribution in [2.45, 2.75) is 0 Å². The monoisotopic (exact) mass is 281 g/mol. The van der Waals surface area contributed by atoms with E-state index in [2.05, 4.69) is 11.2 Å². The van der Waals surface area contributed by atoms with E-state index in [0.717, 1.165) is 17.7 Å². The molecule has 0 radical (unpaired) electrons. The van der Waals surface area contributed by atoms with Crippen LogP contribution >= 0.6 is 0 Å². The zero-order valence-corrected chi connectivity index (χ0v) is 10.8. The summed E-state index contributed by atoms with van der Waals surface area (Å²) < 4.78 is 27.6. The van der Waals surface area contributed by atoms with E-state index >= 15 is 0 Å². The van der Waals surface area contributed by atoms with Crippen molar-refractivity contribution in [3.05, 3.63) is 71.9 Å². The third-order valence-corrected chi connectivity index (χ3v) is 3.04. The van der Waals surface area contributed by atoms with Crippen LogP contribution in [0.5, 0.6) is 0 Å². The minimum atomic E-state index is -0.920. The number of aromatic nitrogens is 2. The van der Waals surface area contributed by atoms with Crippen LogP contribution in [0.3, 0.4) is 0 Å². The first-order chi connectivity index (χ1) is 10.2. The molecule has 0 unspecified atom stereocenters. The van der Waals surface area contributed by atoms with Crippen molar-refractivity contribution >= 4 is 0 Å². The Morgan fingerprint density at radius 2 is 1.86 bits per heavy atom. The predicted octanol–water partition coefficient (Wildman–Crippen LogP) is 3.69. The molecule has 3 aromatic rings. The van der Waals surface area contributed by atoms with Crippen molar-refractivity contribution in [3.63, 3.8) is 0 Å². The fourth-order valence-corrected chi connectivity index (χ4v) is 2.00. The molecule has 102 valence electrons. The Balaban J connectivity index is 1.99. The molecular formula is C16H9F2N3. The first-order valence-corrected chi connectivity index (χ1v) is 6.19. The second-order valence-electron chi connectivity index (χ2n) is 4.44. The molecule has 0 amide bonds. The van der Waals surface area contributed by atoms with E-state index in [4.69, 9.17) is 5.26 Å². The fourth-order valence-electron chi connectivity index (χ4n) is 2.00. The summed E-state index contributed by atoms with van der Waals surface area (Å²) in [5.41, 5.74) is 2.40. The molecule has 1 aromatic heterocycles. The number of nitriles is 1. The largest absolute Gasteiger partial charge is 0.240 e. The summed E-state index contributed by atoms with van der Waals surface area (Å²) >= 11 is 0. The van der Waals surface area contributed by atoms with Gasteiger partial charge >= 0.3 is 0 Å². The van der Waals surface area contributed by atoms with Gasteiger partial charge in [0.15, 0.2) is 11.6 Å². The highest BCUT2D eigenvalue weighted by Gasteiger charge is 2.07. The zero-order valence-electron chi connectivity index (χ0n) is 10.8. The molecule has 0 saturated heterocycles. The Labute approximate surface area is 119 Å². The summed E-state index contributed by atoms with van der Waals surface area (Å²) in [6.07, 6.45) is 1.65. The Morgan fingerprint density at radius 3 is 2.62 bits per heavy atom. The van der Waals surface area contributed by atoms with Crippen LogP contribution in [0.2, 0.25) is 0 Å². The van der Waals surface area contributed by atoms with Crippen molar-refractivity contribution in [3.8, 4) is 23.0 Å². The molecule has 0 atom stereocenters. The van der Waals surface area contributed by atoms with Gasteiger partial charge in [-0.1, -0.05) is 12.1 Å². The van der Waals surface area contributed by atoms with Crippen LogP contribution in [0.1, 0.15) is 5.56 Å². The molecular weight excluding hydrogens is 272 g/mol. The number of benzene rings is 2. The normalized spacial score (nSPS) is 10.3. The van der Waals surface area contributed by atoms with Crippen molar-refractivity contribution in [1.29, 1.82) is 5.26 Å². The Morgan fingerprint density at radius 1 is 1.00 bits per heavy atom. The van der Waals surface area contributed by atoms with E-state index in [1.807, 2.05) is 6.07 Å². The van der Waals surface area contributed by atoms with E-state index in [-0.39, 0.29) is 0 Å². The Hall–Kier alpha value is -3.00. The SMILES string of the molecule is N#Cc1cccc(-c2ccn(-c3ccc(F)c(F)c3)n2)c1. The van der Waals surface area contributed by atoms with Crippen LogP contribution < -0.4 is 0 Å². The molecule has 21 heavy (non-hydrogen) atoms. The molecule has 0 saturated carbocycles. The maximum absolute atomic E-state index is 13.2. The maximum atomic E-state index is 13.2. The highest BCUT2D eigenvalue weighted by atomic mass is 19.2. The van der Waals surface area contributed by atoms with Gasteiger partial charge in [-0.2, -0.15) is 10.4 Å². The summed E-state index contributed by atoms with van der Waals surface area (Å²) in [5.74, 6) is -1.82. The molecule has 3 rings (SSSR count). The number of hydrogen-bond acceptors (Lipinski definition) is 2. The molecule has 0 spiro atoms. The number of rotatable bonds is 2. The highest BCUT2D eigenvalue weighted by molar-refractivity contribution is 5.61. The second kappa shape index (κ2) is 5.17. The smallest absolute Gasteiger partial charge is 0.160 e. The molecule has 0 N–H and O–H groups in total. The summed E-state index contributed by atoms with van der Waals surface area (Å²) in [6.45, 7) is 0. The second-order valence-corrected chi connectivity index (χ2v) is 4.44. The van der Waals surface area contributed by atoms with Gasteiger partial charge < -0.3 is 0 Å². The first kappa shape index (κ1) is 13.0. The number of nitrogens with zero attached hydrogens (tertiary/aromatic N) is 3. The number of hydrogen-bond donors (Lipinski definition) is 0. The lowest BCUT2D eigenvalue weighted by molar-refractivity contribution is 0.507. The molecule has 0 aliphatic rings. The van der Waals surface area contributed by atoms with Gasteiger partial charge in [0, 0.05) is 17.8 Å². The van der Waals surface area contributed by atoms with Crippen LogP contribution in [0, 0.1) is 23.0 Å². The molecule has 3 nitrogen and oxygen atoms in total. The van der Waals surface area contributed by atoms with E-state index in [9.17, 15) is 8.78 Å². The molecule has 0 aliphatic heterocycles. The average molecular weight is 281 g/mol. The molecule has 2 aromatic carbocycles. The van der Waals surface area contributed by atoms with Gasteiger partial charge in [-0.25, -0.2) is 13.5 Å². The van der Waals surface area contributed by atoms with Gasteiger partial charge in [-0.3, -0.25) is 0 Å². The summed E-state index contributed by atoms with van der Waals surface area (Å²) in [6, 6.07) is 14.4. The lowest BCUT2D eigenvalue weighted by atomic mass is 10.1. The minimum Gasteiger partial charge on any atom is -0.240 e. The van der Waals surface area contributed by atoms with Gasteiger partial charge in [0.05, 0.1) is 23.0 Å². The van der Waals surface area contributed by atoms with E-state index < -0.39 is 11.6 Å². The summed E-state index contributed by atoms with van der Waals surface area (Å²) in [4.78, 5) is 0. The third-order valence-electron chi connectivity index (χ3n) is 3.04. The zero-order chi connectivity index (χ0) is 14.8. The molecule has 0 fully saturated rings. The van der Waals surface area contributed by atoms with Gasteiger partial charge in [-0.05, 0) is 30.3 Å². The van der Waals surface area contributed by atoms with Gasteiger partial charge in [0.1, 0.15) is 0 Å². The first-order valence-electron chi connectivity index (χ1n) is 6.19. The van der Waals surface area contributed by atoms with Crippen LogP contribution in [0.4, 0.5) is 8.78 Å². The van der Waals surface area contributed by atoms with Crippen LogP contribution in [-0.4, -0.2) is 9.78 Å². The average Bonchev–Trinajstić information content (AvgIpc) is 3.00. The van der Waals surface area contributed by atoms with Gasteiger partial charge in [-0.15, -0.1) is 0 Å². The van der Waals surface area contributed by atoms with E-state index in [1.54, 1.807) is 30.5 Å². The topological polar surface area (TPSA) is 41.6 Å². The maximum Gasteiger partial charge on any atom is 0.160 e. The van der Waals surface area contributed by atoms with Crippen molar-refractivity contribution < 1.29 is 8.78 Å². The number of halogens is 2. The molecule has 5 heteroatoms. The van der Waals surface area contributed by atoms with E-state index in [0.29, 0.717) is 16.9 Å². The lowest BCUT2D eigenvalue weighted by Gasteiger charge is -2.02. The van der Waals surface area contributed by atoms with Gasteiger partial charge in [0.2, 0.25) is 0 Å². The van der Waals surface area contributed by atoms with Crippen LogP contribution in [0.15, 0.2) is 54.7 Å². The fraction of sp³-hybridized carbons (Fsp3) is 0. The molecule has 0 aliphatic carbocycles. The quantitative estimate of drug-likeness (QED) is 0.719. The van der Waals surface area contributed by atoms with Crippen LogP contribution in [-0.2, 0) is 0 Å². The third kappa shape index (κ3) is 2.51. The summed E-state index contributed by atoms with van der Waals surface area (Å²) in [7, 11) is 0. The molecule has 1 heterocycles. The highest BCUT2D eigenvalue weighted by Crippen LogP contribution is 2.20. The standard InChI is InChI=1S/C16H9F2N3/c17-14-5-4-13(9-15(14)18)21-7-6-16(20-21)12-3-1-2-11(8-12)10-19/h1-9H. The van der Waals surface area contributed by atoms with Crippen molar-refractivity contribution in [1.82, 2.24) is 9.78 Å². The lowest BCUT2D eigenvalue weighted by Crippen LogP contribution is -1.97. The van der Waals surface area contributed by atoms with Crippen molar-refractivity contribution in [2.75, 3.05) is 0 Å². The Bertz CT molecular complexity index is 847. The van der Waals surface area contributed by atoms with Crippen LogP contribution in [0.25, 0.3) is 16.9 Å². The Kier molecular flexibility index (Phi) is 3.20. The van der Waals surface area contributed by atoms with Crippen molar-refractivity contribution in [2.24, 2.45) is 0 Å². The predicted molar refractivity (Wildman–Crippen MR) is 73.6 cm³/mol. The van der Waals surface area contributed by atoms with Gasteiger partial charge in [0.25, 0.3) is 0 Å². The summed E-state index contributed by atoms with van der Waals surface area (Å²) in [5, 5.41) is 13.2. The molecule has 0 bridgehead atoms. The van der Waals surface area contributed by atoms with E-state index in [1.165, 1.54) is 10.7 Å². The minimum absolute atomic E-state index is 0.427.